The summed E-state index contributed by atoms with van der Waals surface area (Å²) in [6.45, 7) is 13.2. The molecule has 1 aromatic rings. The van der Waals surface area contributed by atoms with E-state index in [0.29, 0.717) is 24.6 Å². The number of fused-ring (bicyclic) bond motifs is 1. The number of hydrogen-bond donors (Lipinski definition) is 1. The Labute approximate surface area is 267 Å². The van der Waals surface area contributed by atoms with Crippen molar-refractivity contribution in [2.24, 2.45) is 0 Å². The molecule has 10 heteroatoms. The molecule has 4 aliphatic rings. The Morgan fingerprint density at radius 2 is 1.69 bits per heavy atom. The van der Waals surface area contributed by atoms with E-state index in [0.717, 1.165) is 89.0 Å². The molecule has 3 saturated heterocycles. The van der Waals surface area contributed by atoms with Gasteiger partial charge in [-0.3, -0.25) is 24.6 Å². The third-order valence-corrected chi connectivity index (χ3v) is 9.37. The van der Waals surface area contributed by atoms with Crippen molar-refractivity contribution in [3.8, 4) is 11.8 Å². The van der Waals surface area contributed by atoms with Crippen LogP contribution in [0.25, 0.3) is 0 Å². The van der Waals surface area contributed by atoms with Crippen LogP contribution < -0.4 is 5.32 Å². The molecule has 4 heterocycles. The Balaban J connectivity index is 0.953. The maximum absolute atomic E-state index is 13.0. The van der Waals surface area contributed by atoms with E-state index in [4.69, 9.17) is 4.74 Å². The summed E-state index contributed by atoms with van der Waals surface area (Å²) >= 11 is 0. The number of hydrogen-bond acceptors (Lipinski definition) is 7. The van der Waals surface area contributed by atoms with Crippen molar-refractivity contribution >= 4 is 23.8 Å². The second-order valence-corrected chi connectivity index (χ2v) is 13.8. The Bertz CT molecular complexity index is 1310. The molecule has 45 heavy (non-hydrogen) atoms. The van der Waals surface area contributed by atoms with E-state index in [1.54, 1.807) is 11.0 Å². The van der Waals surface area contributed by atoms with Gasteiger partial charge in [0, 0.05) is 75.8 Å². The van der Waals surface area contributed by atoms with Crippen LogP contribution >= 0.6 is 0 Å². The van der Waals surface area contributed by atoms with Crippen LogP contribution in [0.5, 0.6) is 0 Å². The van der Waals surface area contributed by atoms with Gasteiger partial charge in [-0.25, -0.2) is 4.79 Å². The fourth-order valence-electron chi connectivity index (χ4n) is 6.85. The van der Waals surface area contributed by atoms with Crippen LogP contribution in [-0.2, 0) is 20.9 Å². The van der Waals surface area contributed by atoms with E-state index >= 15 is 0 Å². The van der Waals surface area contributed by atoms with E-state index in [1.165, 1.54) is 12.8 Å². The first-order valence-corrected chi connectivity index (χ1v) is 16.8. The predicted molar refractivity (Wildman–Crippen MR) is 171 cm³/mol. The molecule has 10 nitrogen and oxygen atoms in total. The number of nitrogens with one attached hydrogen (secondary N) is 1. The third-order valence-electron chi connectivity index (χ3n) is 9.37. The average molecular weight is 620 g/mol. The van der Waals surface area contributed by atoms with Gasteiger partial charge >= 0.3 is 6.09 Å². The molecule has 1 N–H and O–H groups in total. The highest BCUT2D eigenvalue weighted by Gasteiger charge is 2.39. The zero-order chi connectivity index (χ0) is 32.0. The number of carbonyl (C=O) groups is 4. The summed E-state index contributed by atoms with van der Waals surface area (Å²) in [5.41, 5.74) is 1.89. The number of likely N-dealkylation sites (tertiary alicyclic amines) is 1. The van der Waals surface area contributed by atoms with E-state index in [-0.39, 0.29) is 24.3 Å². The summed E-state index contributed by atoms with van der Waals surface area (Å²) in [5, 5.41) is 2.35. The van der Waals surface area contributed by atoms with Gasteiger partial charge in [0.05, 0.1) is 0 Å². The fourth-order valence-corrected chi connectivity index (χ4v) is 6.85. The molecule has 0 aromatic heterocycles. The summed E-state index contributed by atoms with van der Waals surface area (Å²) < 4.78 is 5.54. The number of piperazine rings is 1. The monoisotopic (exact) mass is 619 g/mol. The van der Waals surface area contributed by atoms with Gasteiger partial charge in [0.15, 0.2) is 0 Å². The molecule has 0 spiro atoms. The van der Waals surface area contributed by atoms with E-state index in [1.807, 2.05) is 37.8 Å². The topological polar surface area (TPSA) is 102 Å². The maximum atomic E-state index is 13.0. The molecule has 3 fully saturated rings. The largest absolute Gasteiger partial charge is 0.444 e. The fraction of sp³-hybridized carbons (Fsp3) is 0.657. The molecule has 0 bridgehead atoms. The van der Waals surface area contributed by atoms with Crippen LogP contribution in [0.4, 0.5) is 4.79 Å². The molecule has 244 valence electrons. The van der Waals surface area contributed by atoms with Gasteiger partial charge in [-0.1, -0.05) is 30.7 Å². The number of nitrogens with zero attached hydrogens (tertiary/aromatic N) is 4. The first-order valence-electron chi connectivity index (χ1n) is 16.8. The molecule has 4 aliphatic heterocycles. The predicted octanol–water partition coefficient (Wildman–Crippen LogP) is 3.77. The normalized spacial score (nSPS) is 21.8. The molecule has 0 saturated carbocycles. The summed E-state index contributed by atoms with van der Waals surface area (Å²) in [4.78, 5) is 57.9. The Morgan fingerprint density at radius 3 is 2.40 bits per heavy atom. The molecular formula is C35H49N5O5. The Kier molecular flexibility index (Phi) is 10.8. The van der Waals surface area contributed by atoms with Crippen molar-refractivity contribution in [3.63, 3.8) is 0 Å². The number of benzene rings is 1. The van der Waals surface area contributed by atoms with Crippen LogP contribution in [-0.4, -0.2) is 107 Å². The SMILES string of the molecule is CC(C)(C)OC(=O)N1CCC(N2CCN(CCCCCCC#Cc3cccc4c3CN(C3CCC(=O)NC3=O)C4=O)CC2)CC1. The van der Waals surface area contributed by atoms with Crippen molar-refractivity contribution < 1.29 is 23.9 Å². The molecule has 1 unspecified atom stereocenters. The Hall–Kier alpha value is -3.42. The van der Waals surface area contributed by atoms with Gasteiger partial charge in [-0.2, -0.15) is 0 Å². The lowest BCUT2D eigenvalue weighted by molar-refractivity contribution is -0.136. The van der Waals surface area contributed by atoms with Crippen LogP contribution in [0.3, 0.4) is 0 Å². The van der Waals surface area contributed by atoms with Gasteiger partial charge in [0.25, 0.3) is 5.91 Å². The molecular weight excluding hydrogens is 570 g/mol. The van der Waals surface area contributed by atoms with E-state index in [9.17, 15) is 19.2 Å². The number of amides is 4. The zero-order valence-electron chi connectivity index (χ0n) is 27.2. The van der Waals surface area contributed by atoms with Crippen molar-refractivity contribution in [1.82, 2.24) is 24.9 Å². The highest BCUT2D eigenvalue weighted by atomic mass is 16.6. The standard InChI is InChI=1S/C35H49N5O5/c1-35(2,3)45-34(44)39-19-16-27(17-20-39)38-23-21-37(22-24-38)18-9-7-5-4-6-8-11-26-12-10-13-28-29(26)25-40(33(28)43)30-14-15-31(41)36-32(30)42/h10,12-13,27,30H,4-7,9,14-25H2,1-3H3,(H,36,41,42). The second-order valence-electron chi connectivity index (χ2n) is 13.8. The summed E-state index contributed by atoms with van der Waals surface area (Å²) in [6, 6.07) is 5.55. The smallest absolute Gasteiger partial charge is 0.410 e. The zero-order valence-corrected chi connectivity index (χ0v) is 27.2. The summed E-state index contributed by atoms with van der Waals surface area (Å²) in [7, 11) is 0. The van der Waals surface area contributed by atoms with Crippen molar-refractivity contribution in [2.75, 3.05) is 45.8 Å². The second kappa shape index (κ2) is 14.8. The number of ether oxygens (including phenoxy) is 1. The minimum atomic E-state index is -0.608. The number of rotatable bonds is 8. The lowest BCUT2D eigenvalue weighted by Crippen LogP contribution is -2.54. The van der Waals surface area contributed by atoms with Crippen molar-refractivity contribution in [3.05, 3.63) is 34.9 Å². The quantitative estimate of drug-likeness (QED) is 0.269. The molecule has 0 aliphatic carbocycles. The minimum absolute atomic E-state index is 0.162. The van der Waals surface area contributed by atoms with Gasteiger partial charge in [0.1, 0.15) is 11.6 Å². The molecule has 1 atom stereocenters. The van der Waals surface area contributed by atoms with E-state index in [2.05, 4.69) is 27.0 Å². The first-order chi connectivity index (χ1) is 21.6. The molecule has 5 rings (SSSR count). The van der Waals surface area contributed by atoms with Crippen LogP contribution in [0, 0.1) is 11.8 Å². The van der Waals surface area contributed by atoms with Crippen LogP contribution in [0.2, 0.25) is 0 Å². The first kappa shape index (κ1) is 33.0. The van der Waals surface area contributed by atoms with Gasteiger partial charge in [0.2, 0.25) is 11.8 Å². The third kappa shape index (κ3) is 8.65. The number of imide groups is 1. The molecule has 4 amide bonds. The lowest BCUT2D eigenvalue weighted by atomic mass is 10.0. The molecule has 1 aromatic carbocycles. The summed E-state index contributed by atoms with van der Waals surface area (Å²) in [5.74, 6) is 5.74. The van der Waals surface area contributed by atoms with Gasteiger partial charge in [-0.15, -0.1) is 0 Å². The number of piperidine rings is 2. The van der Waals surface area contributed by atoms with Crippen molar-refractivity contribution in [1.29, 1.82) is 0 Å². The number of carbonyl (C=O) groups excluding carboxylic acids is 4. The van der Waals surface area contributed by atoms with Crippen molar-refractivity contribution in [2.45, 2.75) is 103 Å². The van der Waals surface area contributed by atoms with Gasteiger partial charge in [-0.05, 0) is 77.1 Å². The lowest BCUT2D eigenvalue weighted by Gasteiger charge is -2.42. The average Bonchev–Trinajstić information content (AvgIpc) is 3.34. The minimum Gasteiger partial charge on any atom is -0.444 e. The van der Waals surface area contributed by atoms with Crippen LogP contribution in [0.15, 0.2) is 18.2 Å². The Morgan fingerprint density at radius 1 is 0.956 bits per heavy atom. The highest BCUT2D eigenvalue weighted by molar-refractivity contribution is 6.05. The maximum Gasteiger partial charge on any atom is 0.410 e. The van der Waals surface area contributed by atoms with Crippen LogP contribution in [0.1, 0.15) is 100 Å². The van der Waals surface area contributed by atoms with E-state index < -0.39 is 17.6 Å². The highest BCUT2D eigenvalue weighted by Crippen LogP contribution is 2.29. The number of unbranched alkanes of at least 4 members (excludes halogenated alkanes) is 4. The van der Waals surface area contributed by atoms with Gasteiger partial charge < -0.3 is 19.4 Å². The summed E-state index contributed by atoms with van der Waals surface area (Å²) in [6.07, 6.45) is 7.89. The molecule has 0 radical (unpaired) electrons.